The molecule has 0 aliphatic rings. The summed E-state index contributed by atoms with van der Waals surface area (Å²) in [6.07, 6.45) is 0. The maximum absolute atomic E-state index is 13.3. The number of hydrogen-bond acceptors (Lipinski definition) is 3. The van der Waals surface area contributed by atoms with Crippen molar-refractivity contribution in [1.82, 2.24) is 9.47 Å². The molecule has 1 unspecified atom stereocenters. The van der Waals surface area contributed by atoms with Crippen LogP contribution in [0.2, 0.25) is 0 Å². The van der Waals surface area contributed by atoms with E-state index in [1.807, 2.05) is 25.3 Å². The number of halogens is 1. The average molecular weight is 430 g/mol. The standard InChI is InChI=1S/C22H24FN3O3S/c1-14-12-21(16(3)26(14)19-10-8-18(23)9-11-19)22(27)25(4)15(2)17-6-5-7-20(13-17)30(24,28)29/h5-13,15H,1-4H3,(H2,24,28,29). The molecule has 0 radical (unpaired) electrons. The molecular weight excluding hydrogens is 405 g/mol. The second-order valence-corrected chi connectivity index (χ2v) is 8.87. The van der Waals surface area contributed by atoms with Gasteiger partial charge >= 0.3 is 0 Å². The molecule has 0 saturated heterocycles. The zero-order valence-electron chi connectivity index (χ0n) is 17.3. The van der Waals surface area contributed by atoms with Gasteiger partial charge in [-0.05, 0) is 68.8 Å². The van der Waals surface area contributed by atoms with Gasteiger partial charge in [0.1, 0.15) is 5.82 Å². The van der Waals surface area contributed by atoms with Crippen LogP contribution in [0.5, 0.6) is 0 Å². The molecular formula is C22H24FN3O3S. The van der Waals surface area contributed by atoms with E-state index in [-0.39, 0.29) is 22.7 Å². The van der Waals surface area contributed by atoms with Crippen molar-refractivity contribution in [1.29, 1.82) is 0 Å². The minimum atomic E-state index is -3.83. The van der Waals surface area contributed by atoms with E-state index in [2.05, 4.69) is 0 Å². The summed E-state index contributed by atoms with van der Waals surface area (Å²) in [7, 11) is -2.17. The number of benzene rings is 2. The van der Waals surface area contributed by atoms with Gasteiger partial charge in [0.05, 0.1) is 16.5 Å². The van der Waals surface area contributed by atoms with Gasteiger partial charge in [-0.3, -0.25) is 4.79 Å². The number of hydrogen-bond donors (Lipinski definition) is 1. The highest BCUT2D eigenvalue weighted by Gasteiger charge is 2.24. The second-order valence-electron chi connectivity index (χ2n) is 7.31. The molecule has 3 aromatic rings. The van der Waals surface area contributed by atoms with Crippen molar-refractivity contribution < 1.29 is 17.6 Å². The third-order valence-electron chi connectivity index (χ3n) is 5.32. The Kier molecular flexibility index (Phi) is 5.83. The van der Waals surface area contributed by atoms with Crippen LogP contribution in [0.4, 0.5) is 4.39 Å². The number of aryl methyl sites for hydroxylation is 1. The summed E-state index contributed by atoms with van der Waals surface area (Å²) in [5, 5.41) is 5.22. The predicted molar refractivity (Wildman–Crippen MR) is 114 cm³/mol. The summed E-state index contributed by atoms with van der Waals surface area (Å²) < 4.78 is 38.5. The largest absolute Gasteiger partial charge is 0.335 e. The number of carbonyl (C=O) groups excluding carboxylic acids is 1. The van der Waals surface area contributed by atoms with Crippen LogP contribution < -0.4 is 5.14 Å². The molecule has 1 atom stereocenters. The van der Waals surface area contributed by atoms with E-state index < -0.39 is 10.0 Å². The number of sulfonamides is 1. The van der Waals surface area contributed by atoms with Crippen molar-refractivity contribution in [3.05, 3.63) is 82.9 Å². The lowest BCUT2D eigenvalue weighted by Crippen LogP contribution is -2.30. The highest BCUT2D eigenvalue weighted by atomic mass is 32.2. The van der Waals surface area contributed by atoms with Crippen LogP contribution in [0, 0.1) is 19.7 Å². The molecule has 1 heterocycles. The van der Waals surface area contributed by atoms with Gasteiger partial charge in [0.2, 0.25) is 10.0 Å². The number of nitrogens with two attached hydrogens (primary N) is 1. The quantitative estimate of drug-likeness (QED) is 0.671. The monoisotopic (exact) mass is 429 g/mol. The molecule has 6 nitrogen and oxygen atoms in total. The van der Waals surface area contributed by atoms with E-state index >= 15 is 0 Å². The number of primary sulfonamides is 1. The van der Waals surface area contributed by atoms with Gasteiger partial charge < -0.3 is 9.47 Å². The lowest BCUT2D eigenvalue weighted by molar-refractivity contribution is 0.0742. The molecule has 0 aliphatic heterocycles. The smallest absolute Gasteiger partial charge is 0.255 e. The van der Waals surface area contributed by atoms with Crippen LogP contribution >= 0.6 is 0 Å². The molecule has 0 fully saturated rings. The fourth-order valence-corrected chi connectivity index (χ4v) is 4.08. The van der Waals surface area contributed by atoms with E-state index in [4.69, 9.17) is 5.14 Å². The molecule has 3 rings (SSSR count). The fraction of sp³-hybridized carbons (Fsp3) is 0.227. The second kappa shape index (κ2) is 8.04. The van der Waals surface area contributed by atoms with Crippen LogP contribution in [0.25, 0.3) is 5.69 Å². The first-order chi connectivity index (χ1) is 14.0. The van der Waals surface area contributed by atoms with Crippen LogP contribution in [-0.4, -0.2) is 30.8 Å². The van der Waals surface area contributed by atoms with Crippen molar-refractivity contribution in [2.45, 2.75) is 31.7 Å². The normalized spacial score (nSPS) is 12.6. The zero-order chi connectivity index (χ0) is 22.2. The summed E-state index contributed by atoms with van der Waals surface area (Å²) in [5.74, 6) is -0.530. The van der Waals surface area contributed by atoms with E-state index in [0.29, 0.717) is 11.1 Å². The molecule has 0 spiro atoms. The number of nitrogens with zero attached hydrogens (tertiary/aromatic N) is 2. The lowest BCUT2D eigenvalue weighted by Gasteiger charge is -2.26. The Morgan fingerprint density at radius 3 is 2.33 bits per heavy atom. The molecule has 158 valence electrons. The average Bonchev–Trinajstić information content (AvgIpc) is 3.00. The first kappa shape index (κ1) is 21.7. The number of carbonyl (C=O) groups is 1. The van der Waals surface area contributed by atoms with Gasteiger partial charge in [-0.1, -0.05) is 12.1 Å². The third kappa shape index (κ3) is 4.15. The van der Waals surface area contributed by atoms with E-state index in [1.54, 1.807) is 42.3 Å². The Bertz CT molecular complexity index is 1200. The van der Waals surface area contributed by atoms with Gasteiger partial charge in [0.25, 0.3) is 5.91 Å². The van der Waals surface area contributed by atoms with Gasteiger partial charge in [0, 0.05) is 24.1 Å². The molecule has 1 aromatic heterocycles. The third-order valence-corrected chi connectivity index (χ3v) is 6.23. The Morgan fingerprint density at radius 1 is 1.10 bits per heavy atom. The fourth-order valence-electron chi connectivity index (χ4n) is 3.51. The topological polar surface area (TPSA) is 85.4 Å². The molecule has 0 aliphatic carbocycles. The molecule has 0 bridgehead atoms. The Balaban J connectivity index is 1.93. The highest BCUT2D eigenvalue weighted by molar-refractivity contribution is 7.89. The lowest BCUT2D eigenvalue weighted by atomic mass is 10.1. The summed E-state index contributed by atoms with van der Waals surface area (Å²) in [4.78, 5) is 14.8. The van der Waals surface area contributed by atoms with Crippen LogP contribution in [0.3, 0.4) is 0 Å². The molecule has 0 saturated carbocycles. The number of aromatic nitrogens is 1. The summed E-state index contributed by atoms with van der Waals surface area (Å²) >= 11 is 0. The van der Waals surface area contributed by atoms with E-state index in [1.165, 1.54) is 24.3 Å². The Hall–Kier alpha value is -2.97. The highest BCUT2D eigenvalue weighted by Crippen LogP contribution is 2.26. The van der Waals surface area contributed by atoms with Gasteiger partial charge in [0.15, 0.2) is 0 Å². The molecule has 1 amide bonds. The maximum atomic E-state index is 13.3. The zero-order valence-corrected chi connectivity index (χ0v) is 18.1. The maximum Gasteiger partial charge on any atom is 0.255 e. The van der Waals surface area contributed by atoms with Crippen LogP contribution in [0.15, 0.2) is 59.5 Å². The van der Waals surface area contributed by atoms with Crippen LogP contribution in [-0.2, 0) is 10.0 Å². The first-order valence-corrected chi connectivity index (χ1v) is 10.9. The predicted octanol–water partition coefficient (Wildman–Crippen LogP) is 3.71. The van der Waals surface area contributed by atoms with Crippen molar-refractivity contribution in [3.63, 3.8) is 0 Å². The number of amides is 1. The summed E-state index contributed by atoms with van der Waals surface area (Å²) in [6, 6.07) is 13.7. The minimum absolute atomic E-state index is 0.00202. The van der Waals surface area contributed by atoms with Gasteiger partial charge in [-0.15, -0.1) is 0 Å². The van der Waals surface area contributed by atoms with Gasteiger partial charge in [-0.2, -0.15) is 0 Å². The first-order valence-electron chi connectivity index (χ1n) is 9.35. The molecule has 2 aromatic carbocycles. The van der Waals surface area contributed by atoms with Crippen molar-refractivity contribution in [2.75, 3.05) is 7.05 Å². The molecule has 8 heteroatoms. The van der Waals surface area contributed by atoms with Gasteiger partial charge in [-0.25, -0.2) is 17.9 Å². The summed E-state index contributed by atoms with van der Waals surface area (Å²) in [5.41, 5.74) is 3.53. The number of rotatable bonds is 5. The Labute approximate surface area is 175 Å². The van der Waals surface area contributed by atoms with Crippen molar-refractivity contribution >= 4 is 15.9 Å². The van der Waals surface area contributed by atoms with Crippen molar-refractivity contribution in [3.8, 4) is 5.69 Å². The summed E-state index contributed by atoms with van der Waals surface area (Å²) in [6.45, 7) is 5.54. The van der Waals surface area contributed by atoms with Crippen molar-refractivity contribution in [2.24, 2.45) is 5.14 Å². The molecule has 30 heavy (non-hydrogen) atoms. The van der Waals surface area contributed by atoms with Crippen LogP contribution in [0.1, 0.15) is 40.3 Å². The Morgan fingerprint density at radius 2 is 1.73 bits per heavy atom. The van der Waals surface area contributed by atoms with E-state index in [0.717, 1.165) is 17.1 Å². The molecule has 2 N–H and O–H groups in total. The van der Waals surface area contributed by atoms with E-state index in [9.17, 15) is 17.6 Å². The SMILES string of the molecule is Cc1cc(C(=O)N(C)C(C)c2cccc(S(N)(=O)=O)c2)c(C)n1-c1ccc(F)cc1. The minimum Gasteiger partial charge on any atom is -0.335 e.